The van der Waals surface area contributed by atoms with E-state index in [0.29, 0.717) is 58.2 Å². The molecular formula is C57H71ClN4O8. The number of amides is 2. The fourth-order valence-corrected chi connectivity index (χ4v) is 11.2. The van der Waals surface area contributed by atoms with Crippen LogP contribution < -0.4 is 0 Å². The zero-order chi connectivity index (χ0) is 49.8. The number of carbonyl (C=O) groups excluding carboxylic acids is 4. The lowest BCUT2D eigenvalue weighted by atomic mass is 9.76. The third kappa shape index (κ3) is 10.7. The van der Waals surface area contributed by atoms with Gasteiger partial charge in [0.25, 0.3) is 11.8 Å². The van der Waals surface area contributed by atoms with E-state index >= 15 is 0 Å². The maximum absolute atomic E-state index is 14.0. The number of benzene rings is 4. The van der Waals surface area contributed by atoms with E-state index in [1.165, 1.54) is 20.3 Å². The zero-order valence-corrected chi connectivity index (χ0v) is 42.0. The summed E-state index contributed by atoms with van der Waals surface area (Å²) in [6.45, 7) is 13.2. The molecule has 0 bridgehead atoms. The lowest BCUT2D eigenvalue weighted by molar-refractivity contribution is -0.134. The molecule has 4 aromatic rings. The van der Waals surface area contributed by atoms with Gasteiger partial charge in [-0.05, 0) is 166 Å². The van der Waals surface area contributed by atoms with E-state index < -0.39 is 11.3 Å². The molecule has 70 heavy (non-hydrogen) atoms. The van der Waals surface area contributed by atoms with Gasteiger partial charge < -0.3 is 29.5 Å². The highest BCUT2D eigenvalue weighted by Crippen LogP contribution is 2.49. The zero-order valence-electron chi connectivity index (χ0n) is 41.2. The summed E-state index contributed by atoms with van der Waals surface area (Å²) in [7, 11) is 2.73. The van der Waals surface area contributed by atoms with E-state index in [-0.39, 0.29) is 59.8 Å². The Hall–Kier alpha value is -6.01. The van der Waals surface area contributed by atoms with E-state index in [1.807, 2.05) is 34.1 Å². The Morgan fingerprint density at radius 3 is 1.34 bits per heavy atom. The largest absolute Gasteiger partial charge is 0.508 e. The van der Waals surface area contributed by atoms with Crippen molar-refractivity contribution in [1.29, 1.82) is 0 Å². The summed E-state index contributed by atoms with van der Waals surface area (Å²) in [5.74, 6) is 1.61. The molecule has 0 saturated heterocycles. The smallest absolute Gasteiger partial charge is 0.337 e. The molecule has 2 spiro atoms. The van der Waals surface area contributed by atoms with Gasteiger partial charge in [-0.25, -0.2) is 9.59 Å². The van der Waals surface area contributed by atoms with Gasteiger partial charge in [0, 0.05) is 11.1 Å². The van der Waals surface area contributed by atoms with Crippen LogP contribution in [0.1, 0.15) is 168 Å². The molecule has 2 N–H and O–H groups in total. The van der Waals surface area contributed by atoms with Gasteiger partial charge >= 0.3 is 11.9 Å². The summed E-state index contributed by atoms with van der Waals surface area (Å²) in [5, 5.41) is 19.8. The fraction of sp³-hybridized carbons (Fsp3) is 0.474. The lowest BCUT2D eigenvalue weighted by Crippen LogP contribution is -2.51. The number of halogens is 1. The Bertz CT molecular complexity index is 2560. The number of hydrogen-bond acceptors (Lipinski definition) is 10. The number of phenols is 2. The Morgan fingerprint density at radius 1 is 0.629 bits per heavy atom. The summed E-state index contributed by atoms with van der Waals surface area (Å²) in [5.41, 5.74) is 3.90. The van der Waals surface area contributed by atoms with Gasteiger partial charge in [0.1, 0.15) is 34.2 Å². The molecule has 0 unspecified atom stereocenters. The highest BCUT2D eigenvalue weighted by atomic mass is 35.5. The number of phenolic OH excluding ortho intramolecular Hbond substituents is 2. The first-order valence-corrected chi connectivity index (χ1v) is 24.9. The summed E-state index contributed by atoms with van der Waals surface area (Å²) in [6.07, 6.45) is 8.78. The van der Waals surface area contributed by atoms with Gasteiger partial charge in [-0.3, -0.25) is 19.6 Å². The van der Waals surface area contributed by atoms with E-state index in [9.17, 15) is 29.4 Å². The molecule has 2 heterocycles. The highest BCUT2D eigenvalue weighted by Gasteiger charge is 2.53. The lowest BCUT2D eigenvalue weighted by Gasteiger charge is -2.46. The second-order valence-corrected chi connectivity index (χ2v) is 20.1. The Balaban J connectivity index is 0.000000226. The van der Waals surface area contributed by atoms with E-state index in [1.54, 1.807) is 60.7 Å². The molecule has 2 aliphatic carbocycles. The normalized spacial score (nSPS) is 22.8. The number of rotatable bonds is 12. The predicted molar refractivity (Wildman–Crippen MR) is 275 cm³/mol. The van der Waals surface area contributed by atoms with Crippen LogP contribution in [0.3, 0.4) is 0 Å². The van der Waals surface area contributed by atoms with Crippen molar-refractivity contribution < 1.29 is 38.9 Å². The van der Waals surface area contributed by atoms with Crippen LogP contribution in [0.2, 0.25) is 5.02 Å². The molecule has 13 heteroatoms. The van der Waals surface area contributed by atoms with Crippen LogP contribution in [-0.4, -0.2) is 80.7 Å². The Kier molecular flexibility index (Phi) is 17.1. The first-order valence-electron chi connectivity index (χ1n) is 24.5. The summed E-state index contributed by atoms with van der Waals surface area (Å²) < 4.78 is 9.66. The number of carbonyl (C=O) groups is 4. The second kappa shape index (κ2) is 22.4. The van der Waals surface area contributed by atoms with Crippen LogP contribution in [0.4, 0.5) is 0 Å². The van der Waals surface area contributed by atoms with Crippen LogP contribution in [0.5, 0.6) is 11.5 Å². The molecule has 4 aromatic carbocycles. The average molecular weight is 976 g/mol. The van der Waals surface area contributed by atoms with Crippen LogP contribution in [0.15, 0.2) is 101 Å². The standard InChI is InChI=1S/C28H33ClN2O4.C28H34N2O4.CH4/c1-5-23(19-6-8-20(9-7-19)27(34)35-4)31-26(33)25(21-10-11-24(32)22(29)16-21)30-28(31)14-12-18(13-15-28)17(2)3;1-5-24(20-6-8-22(9-7-20)27(33)34-4)30-26(32)25(21-10-12-23(31)13-11-21)29-28(30)16-14-19(15-17-28)18(2)3;/h6-11,16-18,23,32H,5,12-15H2,1-4H3;6-13,18-19,24,31H,5,14-17H2,1-4H3;1H4/t18?,23-,28?;19?,24-,28?;/m11./s1. The molecule has 0 radical (unpaired) electrons. The number of hydrogen-bond donors (Lipinski definition) is 2. The molecule has 2 fully saturated rings. The SMILES string of the molecule is C.CC[C@H](c1ccc(C(=O)OC)cc1)N1C(=O)C(c2ccc(O)c(Cl)c2)=NC12CCC(C(C)C)CC2.CC[C@H](c1ccc(C(=O)OC)cc1)N1C(=O)C(c2ccc(O)cc2)=NC12CCC(C(C)C)CC2. The monoisotopic (exact) mass is 974 g/mol. The van der Waals surface area contributed by atoms with Crippen molar-refractivity contribution in [2.45, 2.75) is 137 Å². The van der Waals surface area contributed by atoms with Crippen LogP contribution in [-0.2, 0) is 19.1 Å². The second-order valence-electron chi connectivity index (χ2n) is 19.7. The van der Waals surface area contributed by atoms with Gasteiger partial charge in [-0.1, -0.05) is 84.8 Å². The molecular weight excluding hydrogens is 904 g/mol. The van der Waals surface area contributed by atoms with Gasteiger partial charge in [-0.2, -0.15) is 0 Å². The van der Waals surface area contributed by atoms with Gasteiger partial charge in [-0.15, -0.1) is 0 Å². The molecule has 4 aliphatic rings. The molecule has 2 saturated carbocycles. The number of ether oxygens (including phenoxy) is 2. The van der Waals surface area contributed by atoms with Crippen molar-refractivity contribution in [2.75, 3.05) is 14.2 Å². The van der Waals surface area contributed by atoms with Crippen molar-refractivity contribution in [3.8, 4) is 11.5 Å². The van der Waals surface area contributed by atoms with Crippen molar-refractivity contribution in [1.82, 2.24) is 9.80 Å². The number of aromatic hydroxyl groups is 2. The maximum Gasteiger partial charge on any atom is 0.337 e. The van der Waals surface area contributed by atoms with Gasteiger partial charge in [0.15, 0.2) is 0 Å². The number of esters is 2. The third-order valence-corrected chi connectivity index (χ3v) is 15.4. The van der Waals surface area contributed by atoms with Crippen molar-refractivity contribution >= 4 is 46.8 Å². The quantitative estimate of drug-likeness (QED) is 0.133. The number of aliphatic imine (C=N–C) groups is 2. The average Bonchev–Trinajstić information content (AvgIpc) is 3.79. The minimum absolute atomic E-state index is 0. The van der Waals surface area contributed by atoms with Gasteiger partial charge in [0.2, 0.25) is 0 Å². The number of nitrogens with zero attached hydrogens (tertiary/aromatic N) is 4. The Labute approximate surface area is 419 Å². The van der Waals surface area contributed by atoms with Crippen molar-refractivity contribution in [3.63, 3.8) is 0 Å². The third-order valence-electron chi connectivity index (χ3n) is 15.1. The molecule has 2 aliphatic heterocycles. The van der Waals surface area contributed by atoms with Crippen LogP contribution in [0, 0.1) is 23.7 Å². The van der Waals surface area contributed by atoms with Crippen LogP contribution in [0.25, 0.3) is 0 Å². The minimum Gasteiger partial charge on any atom is -0.508 e. The number of methoxy groups -OCH3 is 2. The van der Waals surface area contributed by atoms with Crippen LogP contribution >= 0.6 is 11.6 Å². The Morgan fingerprint density at radius 2 is 1.00 bits per heavy atom. The minimum atomic E-state index is -0.621. The predicted octanol–water partition coefficient (Wildman–Crippen LogP) is 12.3. The van der Waals surface area contributed by atoms with E-state index in [4.69, 9.17) is 31.1 Å². The highest BCUT2D eigenvalue weighted by molar-refractivity contribution is 6.47. The molecule has 2 amide bonds. The molecule has 374 valence electrons. The summed E-state index contributed by atoms with van der Waals surface area (Å²) >= 11 is 6.18. The first kappa shape index (κ1) is 53.3. The maximum atomic E-state index is 14.0. The molecule has 2 atom stereocenters. The summed E-state index contributed by atoms with van der Waals surface area (Å²) in [4.78, 5) is 66.0. The van der Waals surface area contributed by atoms with Crippen molar-refractivity contribution in [3.05, 3.63) is 129 Å². The first-order chi connectivity index (χ1) is 33.0. The molecule has 0 aromatic heterocycles. The topological polar surface area (TPSA) is 158 Å². The van der Waals surface area contributed by atoms with Crippen molar-refractivity contribution in [2.24, 2.45) is 33.7 Å². The van der Waals surface area contributed by atoms with E-state index in [0.717, 1.165) is 74.5 Å². The molecule has 12 nitrogen and oxygen atoms in total. The molecule has 8 rings (SSSR count). The summed E-state index contributed by atoms with van der Waals surface area (Å²) in [6, 6.07) is 25.8. The van der Waals surface area contributed by atoms with Gasteiger partial charge in [0.05, 0.1) is 42.5 Å². The van der Waals surface area contributed by atoms with E-state index in [2.05, 4.69) is 41.5 Å². The fourth-order valence-electron chi connectivity index (χ4n) is 11.0.